The van der Waals surface area contributed by atoms with E-state index in [9.17, 15) is 19.5 Å². The van der Waals surface area contributed by atoms with Crippen LogP contribution in [-0.2, 0) is 27.3 Å². The number of carboxylic acids is 2. The quantitative estimate of drug-likeness (QED) is 0.249. The normalized spacial score (nSPS) is 14.2. The van der Waals surface area contributed by atoms with E-state index in [0.717, 1.165) is 5.69 Å². The highest BCUT2D eigenvalue weighted by Crippen LogP contribution is 2.16. The topological polar surface area (TPSA) is 187 Å². The molecule has 0 bridgehead atoms. The molecule has 1 aromatic carbocycles. The minimum absolute atomic E-state index is 0.0867. The number of rotatable bonds is 10. The Labute approximate surface area is 201 Å². The Morgan fingerprint density at radius 1 is 1.26 bits per heavy atom. The van der Waals surface area contributed by atoms with Crippen molar-refractivity contribution in [3.63, 3.8) is 0 Å². The van der Waals surface area contributed by atoms with Gasteiger partial charge in [-0.25, -0.2) is 14.8 Å². The zero-order valence-electron chi connectivity index (χ0n) is 19.2. The number of carbonyl (C=O) groups excluding carboxylic acids is 1. The lowest BCUT2D eigenvalue weighted by Gasteiger charge is -2.17. The molecule has 35 heavy (non-hydrogen) atoms. The second kappa shape index (κ2) is 11.2. The average Bonchev–Trinajstić information content (AvgIpc) is 2.79. The van der Waals surface area contributed by atoms with E-state index < -0.39 is 23.9 Å². The van der Waals surface area contributed by atoms with Crippen LogP contribution in [0.4, 0.5) is 5.69 Å². The van der Waals surface area contributed by atoms with E-state index in [-0.39, 0.29) is 42.8 Å². The minimum Gasteiger partial charge on any atom is -0.481 e. The number of hydrogen-bond acceptors (Lipinski definition) is 9. The van der Waals surface area contributed by atoms with Crippen LogP contribution in [0.3, 0.4) is 0 Å². The summed E-state index contributed by atoms with van der Waals surface area (Å²) in [4.78, 5) is 47.2. The maximum Gasteiger partial charge on any atom is 0.328 e. The number of aliphatic carboxylic acids is 2. The van der Waals surface area contributed by atoms with E-state index >= 15 is 0 Å². The number of benzene rings is 1. The fraction of sp³-hybridized carbons (Fsp3) is 0.348. The molecule has 0 saturated heterocycles. The monoisotopic (exact) mass is 482 g/mol. The molecule has 0 spiro atoms. The summed E-state index contributed by atoms with van der Waals surface area (Å²) >= 11 is 0. The molecule has 1 aliphatic heterocycles. The standard InChI is InChI=1S/C23H26N6O6/c1-12(2)35-22(28-16(23(33)34)7-8-19(30)31)13-3-5-14(6-4-13)25-10-15-11-26-17-9-18(24)29-21(32)20(17)27-15/h3-6,11-12,16,25H,7-10H2,1-2H3,(H,30,31)(H,33,34)(H2,24,29,32). The highest BCUT2D eigenvalue weighted by molar-refractivity contribution is 6.09. The van der Waals surface area contributed by atoms with Crippen molar-refractivity contribution >= 4 is 35.3 Å². The Morgan fingerprint density at radius 3 is 2.60 bits per heavy atom. The highest BCUT2D eigenvalue weighted by atomic mass is 16.5. The number of aromatic nitrogens is 2. The summed E-state index contributed by atoms with van der Waals surface area (Å²) in [7, 11) is 0. The zero-order chi connectivity index (χ0) is 25.5. The predicted octanol–water partition coefficient (Wildman–Crippen LogP) is 1.84. The molecule has 12 heteroatoms. The Kier molecular flexibility index (Phi) is 8.08. The van der Waals surface area contributed by atoms with Crippen LogP contribution in [-0.4, -0.2) is 61.9 Å². The van der Waals surface area contributed by atoms with Gasteiger partial charge in [0.1, 0.15) is 5.84 Å². The SMILES string of the molecule is CC(C)OC(=NC(CCC(=O)O)C(=O)O)c1ccc(NCc2cnc3c(n2)C(=O)NC(=N)C3)cc1. The van der Waals surface area contributed by atoms with Crippen molar-refractivity contribution in [1.82, 2.24) is 15.3 Å². The van der Waals surface area contributed by atoms with E-state index in [1.165, 1.54) is 0 Å². The summed E-state index contributed by atoms with van der Waals surface area (Å²) in [6, 6.07) is 5.67. The summed E-state index contributed by atoms with van der Waals surface area (Å²) in [5.74, 6) is -2.58. The molecule has 12 nitrogen and oxygen atoms in total. The number of amidine groups is 1. The van der Waals surface area contributed by atoms with Crippen LogP contribution in [0.2, 0.25) is 0 Å². The molecule has 1 unspecified atom stereocenters. The number of nitrogens with one attached hydrogen (secondary N) is 3. The number of nitrogens with zero attached hydrogens (tertiary/aromatic N) is 3. The minimum atomic E-state index is -1.25. The van der Waals surface area contributed by atoms with E-state index in [4.69, 9.17) is 15.3 Å². The van der Waals surface area contributed by atoms with Crippen molar-refractivity contribution in [3.05, 3.63) is 53.1 Å². The molecule has 0 aliphatic carbocycles. The van der Waals surface area contributed by atoms with Crippen molar-refractivity contribution in [3.8, 4) is 0 Å². The number of hydrogen-bond donors (Lipinski definition) is 5. The van der Waals surface area contributed by atoms with E-state index in [0.29, 0.717) is 23.5 Å². The Balaban J connectivity index is 1.72. The molecule has 1 amide bonds. The molecule has 0 saturated carbocycles. The maximum atomic E-state index is 12.0. The number of carboxylic acid groups (broad SMARTS) is 2. The van der Waals surface area contributed by atoms with Gasteiger partial charge in [-0.05, 0) is 44.5 Å². The molecule has 2 heterocycles. The van der Waals surface area contributed by atoms with Crippen LogP contribution in [0.25, 0.3) is 0 Å². The molecule has 184 valence electrons. The van der Waals surface area contributed by atoms with Gasteiger partial charge in [0.15, 0.2) is 11.7 Å². The van der Waals surface area contributed by atoms with Gasteiger partial charge in [0.25, 0.3) is 5.91 Å². The molecular weight excluding hydrogens is 456 g/mol. The number of anilines is 1. The first kappa shape index (κ1) is 25.3. The van der Waals surface area contributed by atoms with Gasteiger partial charge < -0.3 is 25.6 Å². The average molecular weight is 482 g/mol. The molecule has 5 N–H and O–H groups in total. The lowest BCUT2D eigenvalue weighted by molar-refractivity contribution is -0.139. The summed E-state index contributed by atoms with van der Waals surface area (Å²) in [5.41, 5.74) is 2.48. The third kappa shape index (κ3) is 7.06. The van der Waals surface area contributed by atoms with E-state index in [1.54, 1.807) is 44.3 Å². The Morgan fingerprint density at radius 2 is 1.97 bits per heavy atom. The molecule has 2 aromatic rings. The van der Waals surface area contributed by atoms with Crippen LogP contribution in [0.1, 0.15) is 54.1 Å². The van der Waals surface area contributed by atoms with Crippen LogP contribution in [0, 0.1) is 5.41 Å². The van der Waals surface area contributed by atoms with Crippen molar-refractivity contribution in [2.24, 2.45) is 4.99 Å². The maximum absolute atomic E-state index is 12.0. The highest BCUT2D eigenvalue weighted by Gasteiger charge is 2.23. The van der Waals surface area contributed by atoms with Crippen molar-refractivity contribution in [1.29, 1.82) is 5.41 Å². The van der Waals surface area contributed by atoms with Crippen molar-refractivity contribution in [2.75, 3.05) is 5.32 Å². The smallest absolute Gasteiger partial charge is 0.328 e. The van der Waals surface area contributed by atoms with Crippen LogP contribution >= 0.6 is 0 Å². The third-order valence-corrected chi connectivity index (χ3v) is 4.86. The van der Waals surface area contributed by atoms with Gasteiger partial charge in [-0.3, -0.25) is 20.0 Å². The summed E-state index contributed by atoms with van der Waals surface area (Å²) in [6.45, 7) is 3.85. The molecule has 0 radical (unpaired) electrons. The summed E-state index contributed by atoms with van der Waals surface area (Å²) in [5, 5.41) is 31.5. The van der Waals surface area contributed by atoms with Gasteiger partial charge in [0, 0.05) is 24.1 Å². The number of ether oxygens (including phenoxy) is 1. The lowest BCUT2D eigenvalue weighted by Crippen LogP contribution is -2.38. The first-order chi connectivity index (χ1) is 16.6. The van der Waals surface area contributed by atoms with Gasteiger partial charge >= 0.3 is 11.9 Å². The second-order valence-corrected chi connectivity index (χ2v) is 8.08. The van der Waals surface area contributed by atoms with Gasteiger partial charge in [-0.1, -0.05) is 0 Å². The van der Waals surface area contributed by atoms with Gasteiger partial charge in [-0.15, -0.1) is 0 Å². The first-order valence-corrected chi connectivity index (χ1v) is 10.9. The second-order valence-electron chi connectivity index (χ2n) is 8.08. The van der Waals surface area contributed by atoms with Crippen molar-refractivity contribution < 1.29 is 29.3 Å². The molecule has 1 aromatic heterocycles. The van der Waals surface area contributed by atoms with Crippen LogP contribution < -0.4 is 10.6 Å². The first-order valence-electron chi connectivity index (χ1n) is 10.9. The summed E-state index contributed by atoms with van der Waals surface area (Å²) in [6.07, 6.45) is 1.02. The number of amides is 1. The predicted molar refractivity (Wildman–Crippen MR) is 126 cm³/mol. The largest absolute Gasteiger partial charge is 0.481 e. The van der Waals surface area contributed by atoms with E-state index in [1.807, 2.05) is 0 Å². The Hall–Kier alpha value is -4.35. The van der Waals surface area contributed by atoms with Crippen LogP contribution in [0.5, 0.6) is 0 Å². The third-order valence-electron chi connectivity index (χ3n) is 4.86. The van der Waals surface area contributed by atoms with Gasteiger partial charge in [0.05, 0.1) is 30.2 Å². The van der Waals surface area contributed by atoms with Crippen LogP contribution in [0.15, 0.2) is 35.5 Å². The zero-order valence-corrected chi connectivity index (χ0v) is 19.2. The Bertz CT molecular complexity index is 1160. The van der Waals surface area contributed by atoms with E-state index in [2.05, 4.69) is 25.6 Å². The lowest BCUT2D eigenvalue weighted by atomic mass is 10.1. The summed E-state index contributed by atoms with van der Waals surface area (Å²) < 4.78 is 5.71. The molecule has 1 atom stereocenters. The number of carbonyl (C=O) groups is 3. The van der Waals surface area contributed by atoms with Gasteiger partial charge in [0.2, 0.25) is 5.90 Å². The molecule has 3 rings (SSSR count). The van der Waals surface area contributed by atoms with Crippen molar-refractivity contribution in [2.45, 2.75) is 51.8 Å². The number of fused-ring (bicyclic) bond motifs is 1. The fourth-order valence-electron chi connectivity index (χ4n) is 3.22. The molecular formula is C23H26N6O6. The molecule has 0 fully saturated rings. The van der Waals surface area contributed by atoms with Gasteiger partial charge in [-0.2, -0.15) is 0 Å². The molecule has 1 aliphatic rings. The fourth-order valence-corrected chi connectivity index (χ4v) is 3.22. The number of aliphatic imine (C=N–C) groups is 1.